The van der Waals surface area contributed by atoms with Gasteiger partial charge in [-0.3, -0.25) is 4.79 Å². The molecule has 4 heteroatoms. The van der Waals surface area contributed by atoms with E-state index in [4.69, 9.17) is 0 Å². The third kappa shape index (κ3) is 2.00. The van der Waals surface area contributed by atoms with E-state index in [9.17, 15) is 4.79 Å². The molecule has 2 heterocycles. The summed E-state index contributed by atoms with van der Waals surface area (Å²) in [5.74, 6) is 1.08. The quantitative estimate of drug-likeness (QED) is 0.833. The third-order valence-corrected chi connectivity index (χ3v) is 2.32. The zero-order chi connectivity index (χ0) is 11.5. The minimum Gasteiger partial charge on any atom is -0.329 e. The van der Waals surface area contributed by atoms with Crippen LogP contribution in [0, 0.1) is 0 Å². The van der Waals surface area contributed by atoms with Crippen LogP contribution in [0.15, 0.2) is 35.5 Å². The predicted octanol–water partition coefficient (Wildman–Crippen LogP) is 1.96. The van der Waals surface area contributed by atoms with Gasteiger partial charge < -0.3 is 4.98 Å². The average Bonchev–Trinajstić information content (AvgIpc) is 2.30. The van der Waals surface area contributed by atoms with Gasteiger partial charge in [0.1, 0.15) is 5.82 Å². The summed E-state index contributed by atoms with van der Waals surface area (Å²) in [5.41, 5.74) is 1.22. The van der Waals surface area contributed by atoms with Crippen LogP contribution < -0.4 is 5.56 Å². The first-order chi connectivity index (χ1) is 7.68. The van der Waals surface area contributed by atoms with Gasteiger partial charge in [-0.2, -0.15) is 0 Å². The highest BCUT2D eigenvalue weighted by Crippen LogP contribution is 2.14. The molecule has 0 saturated carbocycles. The number of nitrogens with one attached hydrogen (secondary N) is 1. The molecule has 2 aromatic rings. The van der Waals surface area contributed by atoms with Crippen LogP contribution in [0.5, 0.6) is 0 Å². The van der Waals surface area contributed by atoms with Gasteiger partial charge in [0.15, 0.2) is 0 Å². The van der Waals surface area contributed by atoms with Crippen molar-refractivity contribution in [3.8, 4) is 11.1 Å². The van der Waals surface area contributed by atoms with E-state index in [1.54, 1.807) is 30.7 Å². The Morgan fingerprint density at radius 2 is 1.94 bits per heavy atom. The number of hydrogen-bond donors (Lipinski definition) is 1. The maximum atomic E-state index is 11.5. The van der Waals surface area contributed by atoms with Gasteiger partial charge in [0.05, 0.1) is 5.56 Å². The first-order valence-corrected chi connectivity index (χ1v) is 5.18. The van der Waals surface area contributed by atoms with E-state index >= 15 is 0 Å². The molecule has 16 heavy (non-hydrogen) atoms. The summed E-state index contributed by atoms with van der Waals surface area (Å²) in [5, 5.41) is 0. The topological polar surface area (TPSA) is 58.6 Å². The maximum absolute atomic E-state index is 11.5. The molecule has 0 aliphatic rings. The summed E-state index contributed by atoms with van der Waals surface area (Å²) in [6.45, 7) is 4.06. The Balaban J connectivity index is 2.43. The number of pyridine rings is 1. The molecule has 0 bridgehead atoms. The van der Waals surface area contributed by atoms with Gasteiger partial charge in [0, 0.05) is 30.1 Å². The minimum absolute atomic E-state index is 0.122. The molecule has 0 saturated heterocycles. The predicted molar refractivity (Wildman–Crippen MR) is 62.2 cm³/mol. The van der Waals surface area contributed by atoms with Crippen molar-refractivity contribution in [2.75, 3.05) is 0 Å². The molecular weight excluding hydrogens is 202 g/mol. The summed E-state index contributed by atoms with van der Waals surface area (Å²) in [6, 6.07) is 3.54. The van der Waals surface area contributed by atoms with Crippen molar-refractivity contribution < 1.29 is 0 Å². The summed E-state index contributed by atoms with van der Waals surface area (Å²) in [4.78, 5) is 22.6. The smallest absolute Gasteiger partial charge is 0.255 e. The lowest BCUT2D eigenvalue weighted by molar-refractivity contribution is 0.774. The second kappa shape index (κ2) is 4.26. The molecule has 0 amide bonds. The van der Waals surface area contributed by atoms with Crippen LogP contribution >= 0.6 is 0 Å². The fraction of sp³-hybridized carbons (Fsp3) is 0.250. The summed E-state index contributed by atoms with van der Waals surface area (Å²) in [7, 11) is 0. The molecule has 2 rings (SSSR count). The maximum Gasteiger partial charge on any atom is 0.255 e. The standard InChI is InChI=1S/C12H13N3O/c1-8(2)11-14-6-9(7-15-11)10-4-3-5-13-12(10)16/h3-8H,1-2H3,(H,13,16). The molecule has 1 N–H and O–H groups in total. The molecular formula is C12H13N3O. The Hall–Kier alpha value is -1.97. The van der Waals surface area contributed by atoms with Crippen LogP contribution in [0.4, 0.5) is 0 Å². The van der Waals surface area contributed by atoms with Crippen molar-refractivity contribution in [2.24, 2.45) is 0 Å². The van der Waals surface area contributed by atoms with Gasteiger partial charge in [-0.25, -0.2) is 9.97 Å². The first-order valence-electron chi connectivity index (χ1n) is 5.18. The van der Waals surface area contributed by atoms with Crippen molar-refractivity contribution in [2.45, 2.75) is 19.8 Å². The fourth-order valence-electron chi connectivity index (χ4n) is 1.42. The third-order valence-electron chi connectivity index (χ3n) is 2.32. The van der Waals surface area contributed by atoms with Gasteiger partial charge in [0.25, 0.3) is 5.56 Å². The van der Waals surface area contributed by atoms with Crippen LogP contribution in [-0.4, -0.2) is 15.0 Å². The van der Waals surface area contributed by atoms with E-state index in [-0.39, 0.29) is 5.56 Å². The van der Waals surface area contributed by atoms with E-state index in [2.05, 4.69) is 15.0 Å². The highest BCUT2D eigenvalue weighted by atomic mass is 16.1. The van der Waals surface area contributed by atoms with Crippen LogP contribution in [0.3, 0.4) is 0 Å². The lowest BCUT2D eigenvalue weighted by Crippen LogP contribution is -2.08. The van der Waals surface area contributed by atoms with E-state index in [0.717, 1.165) is 11.4 Å². The summed E-state index contributed by atoms with van der Waals surface area (Å²) < 4.78 is 0. The average molecular weight is 215 g/mol. The second-order valence-corrected chi connectivity index (χ2v) is 3.90. The number of aromatic amines is 1. The van der Waals surface area contributed by atoms with E-state index in [0.29, 0.717) is 11.5 Å². The Bertz CT molecular complexity index is 528. The van der Waals surface area contributed by atoms with Crippen molar-refractivity contribution >= 4 is 0 Å². The van der Waals surface area contributed by atoms with Gasteiger partial charge in [-0.15, -0.1) is 0 Å². The second-order valence-electron chi connectivity index (χ2n) is 3.90. The molecule has 0 aliphatic heterocycles. The fourth-order valence-corrected chi connectivity index (χ4v) is 1.42. The molecule has 0 radical (unpaired) electrons. The Kier molecular flexibility index (Phi) is 2.81. The lowest BCUT2D eigenvalue weighted by atomic mass is 10.1. The van der Waals surface area contributed by atoms with E-state index in [1.165, 1.54) is 0 Å². The largest absolute Gasteiger partial charge is 0.329 e. The van der Waals surface area contributed by atoms with Gasteiger partial charge in [-0.1, -0.05) is 13.8 Å². The number of nitrogens with zero attached hydrogens (tertiary/aromatic N) is 2. The zero-order valence-electron chi connectivity index (χ0n) is 9.27. The van der Waals surface area contributed by atoms with Gasteiger partial charge in [0.2, 0.25) is 0 Å². The van der Waals surface area contributed by atoms with Crippen molar-refractivity contribution in [1.82, 2.24) is 15.0 Å². The molecule has 0 spiro atoms. The highest BCUT2D eigenvalue weighted by Gasteiger charge is 2.05. The Morgan fingerprint density at radius 1 is 1.25 bits per heavy atom. The minimum atomic E-state index is -0.122. The van der Waals surface area contributed by atoms with Crippen LogP contribution in [-0.2, 0) is 0 Å². The number of hydrogen-bond acceptors (Lipinski definition) is 3. The molecule has 82 valence electrons. The monoisotopic (exact) mass is 215 g/mol. The lowest BCUT2D eigenvalue weighted by Gasteiger charge is -2.04. The summed E-state index contributed by atoms with van der Waals surface area (Å²) in [6.07, 6.45) is 4.98. The Labute approximate surface area is 93.4 Å². The van der Waals surface area contributed by atoms with Crippen LogP contribution in [0.25, 0.3) is 11.1 Å². The number of H-pyrrole nitrogens is 1. The number of rotatable bonds is 2. The molecule has 0 fully saturated rings. The highest BCUT2D eigenvalue weighted by molar-refractivity contribution is 5.59. The zero-order valence-corrected chi connectivity index (χ0v) is 9.27. The first kappa shape index (κ1) is 10.5. The van der Waals surface area contributed by atoms with Crippen molar-refractivity contribution in [3.05, 3.63) is 46.9 Å². The Morgan fingerprint density at radius 3 is 2.50 bits per heavy atom. The molecule has 0 aromatic carbocycles. The SMILES string of the molecule is CC(C)c1ncc(-c2ccc[nH]c2=O)cn1. The molecule has 0 unspecified atom stereocenters. The van der Waals surface area contributed by atoms with E-state index in [1.807, 2.05) is 13.8 Å². The van der Waals surface area contributed by atoms with E-state index < -0.39 is 0 Å². The molecule has 4 nitrogen and oxygen atoms in total. The number of aromatic nitrogens is 3. The normalized spacial score (nSPS) is 10.7. The van der Waals surface area contributed by atoms with Crippen LogP contribution in [0.1, 0.15) is 25.6 Å². The van der Waals surface area contributed by atoms with Crippen molar-refractivity contribution in [1.29, 1.82) is 0 Å². The molecule has 0 atom stereocenters. The van der Waals surface area contributed by atoms with Crippen LogP contribution in [0.2, 0.25) is 0 Å². The summed E-state index contributed by atoms with van der Waals surface area (Å²) >= 11 is 0. The molecule has 2 aromatic heterocycles. The van der Waals surface area contributed by atoms with Crippen molar-refractivity contribution in [3.63, 3.8) is 0 Å². The van der Waals surface area contributed by atoms with Gasteiger partial charge >= 0.3 is 0 Å². The van der Waals surface area contributed by atoms with Gasteiger partial charge in [-0.05, 0) is 12.1 Å². The molecule has 0 aliphatic carbocycles.